The van der Waals surface area contributed by atoms with Gasteiger partial charge in [0.15, 0.2) is 0 Å². The molecule has 6 nitrogen and oxygen atoms in total. The Morgan fingerprint density at radius 1 is 1.30 bits per heavy atom. The van der Waals surface area contributed by atoms with Gasteiger partial charge in [0.2, 0.25) is 0 Å². The Morgan fingerprint density at radius 2 is 2.22 bits per heavy atom. The number of nitrogens with zero attached hydrogens (tertiary/aromatic N) is 4. The van der Waals surface area contributed by atoms with Crippen molar-refractivity contribution in [1.29, 1.82) is 0 Å². The van der Waals surface area contributed by atoms with E-state index in [-0.39, 0.29) is 12.0 Å². The highest BCUT2D eigenvalue weighted by atomic mass is 16.3. The summed E-state index contributed by atoms with van der Waals surface area (Å²) < 4.78 is 1.97. The topological polar surface area (TPSA) is 69.5 Å². The van der Waals surface area contributed by atoms with Gasteiger partial charge in [-0.2, -0.15) is 10.2 Å². The highest BCUT2D eigenvalue weighted by Gasteiger charge is 2.32. The fourth-order valence-electron chi connectivity index (χ4n) is 3.48. The van der Waals surface area contributed by atoms with E-state index in [9.17, 15) is 5.11 Å². The molecule has 0 amide bonds. The van der Waals surface area contributed by atoms with Crippen LogP contribution in [0.15, 0.2) is 36.5 Å². The van der Waals surface area contributed by atoms with E-state index in [2.05, 4.69) is 44.5 Å². The fraction of sp³-hybridized carbons (Fsp3) is 0.412. The molecular weight excluding hydrogens is 290 g/mol. The Hall–Kier alpha value is -2.18. The summed E-state index contributed by atoms with van der Waals surface area (Å²) in [5, 5.41) is 22.0. The third-order valence-corrected chi connectivity index (χ3v) is 4.60. The molecular formula is C17H21N5O. The summed E-state index contributed by atoms with van der Waals surface area (Å²) in [6.45, 7) is 4.38. The average Bonchev–Trinajstić information content (AvgIpc) is 3.22. The molecule has 1 saturated heterocycles. The number of aliphatic hydroxyl groups excluding tert-OH is 1. The predicted molar refractivity (Wildman–Crippen MR) is 87.0 cm³/mol. The number of fused-ring (bicyclic) bond motifs is 1. The summed E-state index contributed by atoms with van der Waals surface area (Å²) in [5.74, 6) is 0.231. The van der Waals surface area contributed by atoms with Gasteiger partial charge in [0.25, 0.3) is 0 Å². The van der Waals surface area contributed by atoms with Gasteiger partial charge in [-0.25, -0.2) is 4.52 Å². The lowest BCUT2D eigenvalue weighted by Gasteiger charge is -2.16. The van der Waals surface area contributed by atoms with Crippen LogP contribution >= 0.6 is 0 Å². The van der Waals surface area contributed by atoms with Crippen LogP contribution in [0.1, 0.15) is 17.1 Å². The van der Waals surface area contributed by atoms with Crippen LogP contribution in [-0.4, -0.2) is 49.0 Å². The molecule has 6 heteroatoms. The van der Waals surface area contributed by atoms with E-state index >= 15 is 0 Å². The van der Waals surface area contributed by atoms with Crippen LogP contribution in [0.25, 0.3) is 5.52 Å². The number of nitrogens with one attached hydrogen (secondary N) is 1. The number of H-pyrrole nitrogens is 1. The van der Waals surface area contributed by atoms with E-state index in [0.29, 0.717) is 6.54 Å². The molecule has 0 aliphatic carbocycles. The van der Waals surface area contributed by atoms with E-state index in [4.69, 9.17) is 0 Å². The van der Waals surface area contributed by atoms with Crippen LogP contribution in [0.4, 0.5) is 0 Å². The van der Waals surface area contributed by atoms with Gasteiger partial charge in [0.05, 0.1) is 23.0 Å². The minimum atomic E-state index is -0.302. The second-order valence-corrected chi connectivity index (χ2v) is 6.45. The first-order valence-corrected chi connectivity index (χ1v) is 8.02. The number of rotatable bonds is 4. The van der Waals surface area contributed by atoms with Gasteiger partial charge >= 0.3 is 0 Å². The van der Waals surface area contributed by atoms with Crippen LogP contribution in [-0.2, 0) is 13.0 Å². The molecule has 23 heavy (non-hydrogen) atoms. The number of pyridine rings is 1. The number of aromatic nitrogens is 4. The standard InChI is InChI=1S/C17H21N5O/c1-12-7-14(20-19-12)8-13-9-21(11-17(13)23)10-16-4-2-3-15-5-6-18-22(15)16/h2-7,13,17,23H,8-11H2,1H3,(H,19,20)/t13-,17-/m1/s1. The fourth-order valence-corrected chi connectivity index (χ4v) is 3.48. The van der Waals surface area contributed by atoms with Crippen molar-refractivity contribution in [3.63, 3.8) is 0 Å². The zero-order valence-electron chi connectivity index (χ0n) is 13.2. The molecule has 3 aromatic rings. The SMILES string of the molecule is Cc1cc(C[C@@H]2CN(Cc3cccc4ccnn34)C[C@H]2O)n[nH]1. The van der Waals surface area contributed by atoms with Gasteiger partial charge in [0.1, 0.15) is 0 Å². The summed E-state index contributed by atoms with van der Waals surface area (Å²) in [4.78, 5) is 2.30. The molecule has 0 bridgehead atoms. The molecule has 1 fully saturated rings. The quantitative estimate of drug-likeness (QED) is 0.764. The number of β-amino-alcohol motifs (C(OH)–C–C–N with tert-alkyl or cyclic N) is 1. The molecule has 3 aromatic heterocycles. The minimum absolute atomic E-state index is 0.231. The Morgan fingerprint density at radius 3 is 3.04 bits per heavy atom. The zero-order chi connectivity index (χ0) is 15.8. The smallest absolute Gasteiger partial charge is 0.0711 e. The molecule has 2 N–H and O–H groups in total. The molecule has 0 unspecified atom stereocenters. The second kappa shape index (κ2) is 5.79. The van der Waals surface area contributed by atoms with Crippen molar-refractivity contribution < 1.29 is 5.11 Å². The highest BCUT2D eigenvalue weighted by molar-refractivity contribution is 5.46. The first-order chi connectivity index (χ1) is 11.2. The molecule has 0 saturated carbocycles. The van der Waals surface area contributed by atoms with Gasteiger partial charge in [-0.05, 0) is 37.6 Å². The summed E-state index contributed by atoms with van der Waals surface area (Å²) in [5.41, 5.74) is 4.35. The van der Waals surface area contributed by atoms with Crippen LogP contribution in [0.3, 0.4) is 0 Å². The summed E-state index contributed by atoms with van der Waals surface area (Å²) in [7, 11) is 0. The Kier molecular flexibility index (Phi) is 3.63. The highest BCUT2D eigenvalue weighted by Crippen LogP contribution is 2.23. The van der Waals surface area contributed by atoms with Crippen molar-refractivity contribution in [1.82, 2.24) is 24.7 Å². The van der Waals surface area contributed by atoms with E-state index < -0.39 is 0 Å². The Labute approximate surface area is 134 Å². The van der Waals surface area contributed by atoms with Gasteiger partial charge in [0, 0.05) is 37.4 Å². The molecule has 0 radical (unpaired) electrons. The van der Waals surface area contributed by atoms with Crippen molar-refractivity contribution in [3.05, 3.63) is 53.6 Å². The Balaban J connectivity index is 1.46. The summed E-state index contributed by atoms with van der Waals surface area (Å²) >= 11 is 0. The number of aromatic amines is 1. The molecule has 0 spiro atoms. The lowest BCUT2D eigenvalue weighted by molar-refractivity contribution is 0.140. The normalized spacial score (nSPS) is 22.2. The van der Waals surface area contributed by atoms with Gasteiger partial charge in [-0.15, -0.1) is 0 Å². The second-order valence-electron chi connectivity index (χ2n) is 6.45. The van der Waals surface area contributed by atoms with Crippen LogP contribution in [0.5, 0.6) is 0 Å². The molecule has 4 heterocycles. The predicted octanol–water partition coefficient (Wildman–Crippen LogP) is 1.40. The monoisotopic (exact) mass is 311 g/mol. The van der Waals surface area contributed by atoms with Crippen molar-refractivity contribution in [2.45, 2.75) is 26.0 Å². The van der Waals surface area contributed by atoms with Crippen molar-refractivity contribution in [2.75, 3.05) is 13.1 Å². The molecule has 120 valence electrons. The number of aryl methyl sites for hydroxylation is 1. The first-order valence-electron chi connectivity index (χ1n) is 8.02. The molecule has 2 atom stereocenters. The Bertz CT molecular complexity index is 808. The van der Waals surface area contributed by atoms with Crippen molar-refractivity contribution in [3.8, 4) is 0 Å². The number of hydrogen-bond donors (Lipinski definition) is 2. The van der Waals surface area contributed by atoms with Crippen molar-refractivity contribution in [2.24, 2.45) is 5.92 Å². The van der Waals surface area contributed by atoms with Crippen LogP contribution < -0.4 is 0 Å². The lowest BCUT2D eigenvalue weighted by Crippen LogP contribution is -2.22. The third kappa shape index (κ3) is 2.87. The largest absolute Gasteiger partial charge is 0.391 e. The number of likely N-dealkylation sites (tertiary alicyclic amines) is 1. The number of aliphatic hydroxyl groups is 1. The van der Waals surface area contributed by atoms with Gasteiger partial charge < -0.3 is 5.11 Å². The molecule has 0 aromatic carbocycles. The zero-order valence-corrected chi connectivity index (χ0v) is 13.2. The van der Waals surface area contributed by atoms with Gasteiger partial charge in [-0.3, -0.25) is 10.00 Å². The maximum atomic E-state index is 10.4. The maximum Gasteiger partial charge on any atom is 0.0711 e. The minimum Gasteiger partial charge on any atom is -0.391 e. The van der Waals surface area contributed by atoms with Crippen LogP contribution in [0.2, 0.25) is 0 Å². The van der Waals surface area contributed by atoms with E-state index in [1.807, 2.05) is 23.7 Å². The number of hydrogen-bond acceptors (Lipinski definition) is 4. The lowest BCUT2D eigenvalue weighted by atomic mass is 10.0. The van der Waals surface area contributed by atoms with E-state index in [1.54, 1.807) is 0 Å². The summed E-state index contributed by atoms with van der Waals surface area (Å²) in [6.07, 6.45) is 2.33. The van der Waals surface area contributed by atoms with Crippen LogP contribution in [0, 0.1) is 12.8 Å². The van der Waals surface area contributed by atoms with E-state index in [1.165, 1.54) is 0 Å². The molecule has 1 aliphatic heterocycles. The van der Waals surface area contributed by atoms with Gasteiger partial charge in [-0.1, -0.05) is 6.07 Å². The maximum absolute atomic E-state index is 10.4. The summed E-state index contributed by atoms with van der Waals surface area (Å²) in [6, 6.07) is 10.3. The third-order valence-electron chi connectivity index (χ3n) is 4.60. The average molecular weight is 311 g/mol. The molecule has 1 aliphatic rings. The van der Waals surface area contributed by atoms with Crippen molar-refractivity contribution >= 4 is 5.52 Å². The van der Waals surface area contributed by atoms with E-state index in [0.717, 1.165) is 42.1 Å². The first kappa shape index (κ1) is 14.4. The molecule has 4 rings (SSSR count).